The van der Waals surface area contributed by atoms with Crippen LogP contribution in [0.5, 0.6) is 0 Å². The number of fused-ring (bicyclic) bond motifs is 1. The van der Waals surface area contributed by atoms with E-state index >= 15 is 0 Å². The molecule has 0 aliphatic rings. The molecule has 7 heteroatoms. The van der Waals surface area contributed by atoms with Crippen LogP contribution in [0.4, 0.5) is 4.39 Å². The van der Waals surface area contributed by atoms with Crippen LogP contribution in [-0.4, -0.2) is 27.7 Å². The predicted octanol–water partition coefficient (Wildman–Crippen LogP) is 2.88. The SMILES string of the molecule is CNC(=O)c1cnc2c(c(C)nn2-c2ccc(F)cc2)c1Cl. The standard InChI is InChI=1S/C15H12ClFN4O/c1-8-12-13(16)11(15(22)18-2)7-19-14(12)21(20-8)10-5-3-9(17)4-6-10/h3-7H,1-2H3,(H,18,22). The fourth-order valence-electron chi connectivity index (χ4n) is 2.26. The number of nitrogens with zero attached hydrogens (tertiary/aromatic N) is 3. The van der Waals surface area contributed by atoms with Crippen LogP contribution in [-0.2, 0) is 0 Å². The van der Waals surface area contributed by atoms with Gasteiger partial charge in [-0.05, 0) is 31.2 Å². The minimum absolute atomic E-state index is 0.290. The first-order chi connectivity index (χ1) is 10.5. The number of pyridine rings is 1. The molecule has 1 aromatic carbocycles. The van der Waals surface area contributed by atoms with Crippen molar-refractivity contribution < 1.29 is 9.18 Å². The maximum Gasteiger partial charge on any atom is 0.254 e. The van der Waals surface area contributed by atoms with Crippen LogP contribution in [0.3, 0.4) is 0 Å². The number of halogens is 2. The van der Waals surface area contributed by atoms with Crippen LogP contribution in [0, 0.1) is 12.7 Å². The van der Waals surface area contributed by atoms with Gasteiger partial charge in [0.25, 0.3) is 5.91 Å². The van der Waals surface area contributed by atoms with Gasteiger partial charge in [-0.15, -0.1) is 0 Å². The quantitative estimate of drug-likeness (QED) is 0.790. The Morgan fingerprint density at radius 3 is 2.64 bits per heavy atom. The molecule has 112 valence electrons. The summed E-state index contributed by atoms with van der Waals surface area (Å²) < 4.78 is 14.6. The van der Waals surface area contributed by atoms with E-state index in [4.69, 9.17) is 11.6 Å². The number of benzene rings is 1. The fraction of sp³-hybridized carbons (Fsp3) is 0.133. The second-order valence-electron chi connectivity index (χ2n) is 4.74. The monoisotopic (exact) mass is 318 g/mol. The van der Waals surface area contributed by atoms with Crippen LogP contribution in [0.2, 0.25) is 5.02 Å². The van der Waals surface area contributed by atoms with E-state index in [-0.39, 0.29) is 11.7 Å². The Labute approximate surface area is 130 Å². The Hall–Kier alpha value is -2.47. The molecule has 3 aromatic rings. The number of aryl methyl sites for hydroxylation is 1. The van der Waals surface area contributed by atoms with Gasteiger partial charge in [0.1, 0.15) is 5.82 Å². The Morgan fingerprint density at radius 1 is 1.32 bits per heavy atom. The molecular weight excluding hydrogens is 307 g/mol. The molecule has 0 saturated heterocycles. The lowest BCUT2D eigenvalue weighted by atomic mass is 10.2. The highest BCUT2D eigenvalue weighted by Gasteiger charge is 2.19. The summed E-state index contributed by atoms with van der Waals surface area (Å²) >= 11 is 6.33. The maximum absolute atomic E-state index is 13.1. The summed E-state index contributed by atoms with van der Waals surface area (Å²) in [5, 5.41) is 7.82. The Kier molecular flexibility index (Phi) is 3.54. The van der Waals surface area contributed by atoms with Crippen LogP contribution < -0.4 is 5.32 Å². The van der Waals surface area contributed by atoms with Crippen molar-refractivity contribution in [2.45, 2.75) is 6.92 Å². The highest BCUT2D eigenvalue weighted by atomic mass is 35.5. The van der Waals surface area contributed by atoms with Crippen molar-refractivity contribution >= 4 is 28.5 Å². The lowest BCUT2D eigenvalue weighted by Crippen LogP contribution is -2.18. The maximum atomic E-state index is 13.1. The zero-order chi connectivity index (χ0) is 15.9. The average molecular weight is 319 g/mol. The lowest BCUT2D eigenvalue weighted by Gasteiger charge is -2.05. The van der Waals surface area contributed by atoms with E-state index in [1.807, 2.05) is 0 Å². The summed E-state index contributed by atoms with van der Waals surface area (Å²) in [5.74, 6) is -0.641. The fourth-order valence-corrected chi connectivity index (χ4v) is 2.62. The average Bonchev–Trinajstić information content (AvgIpc) is 2.85. The van der Waals surface area contributed by atoms with E-state index < -0.39 is 0 Å². The number of nitrogens with one attached hydrogen (secondary N) is 1. The lowest BCUT2D eigenvalue weighted by molar-refractivity contribution is 0.0963. The Bertz CT molecular complexity index is 873. The molecule has 3 rings (SSSR count). The van der Waals surface area contributed by atoms with E-state index in [2.05, 4.69) is 15.4 Å². The van der Waals surface area contributed by atoms with Gasteiger partial charge >= 0.3 is 0 Å². The van der Waals surface area contributed by atoms with Crippen LogP contribution in [0.25, 0.3) is 16.7 Å². The summed E-state index contributed by atoms with van der Waals surface area (Å²) in [6.45, 7) is 1.78. The third-order valence-corrected chi connectivity index (χ3v) is 3.74. The molecular formula is C15H12ClFN4O. The molecule has 0 unspecified atom stereocenters. The highest BCUT2D eigenvalue weighted by molar-refractivity contribution is 6.38. The number of hydrogen-bond acceptors (Lipinski definition) is 3. The van der Waals surface area contributed by atoms with Crippen LogP contribution in [0.1, 0.15) is 16.1 Å². The largest absolute Gasteiger partial charge is 0.355 e. The molecule has 0 fully saturated rings. The number of amides is 1. The normalized spacial score (nSPS) is 10.9. The summed E-state index contributed by atoms with van der Waals surface area (Å²) in [4.78, 5) is 16.1. The van der Waals surface area contributed by atoms with Crippen LogP contribution >= 0.6 is 11.6 Å². The summed E-state index contributed by atoms with van der Waals surface area (Å²) in [6.07, 6.45) is 1.41. The molecule has 0 radical (unpaired) electrons. The molecule has 0 saturated carbocycles. The number of aromatic nitrogens is 3. The van der Waals surface area contributed by atoms with Gasteiger partial charge in [0.05, 0.1) is 27.4 Å². The van der Waals surface area contributed by atoms with Crippen molar-refractivity contribution in [2.75, 3.05) is 7.05 Å². The third-order valence-electron chi connectivity index (χ3n) is 3.35. The van der Waals surface area contributed by atoms with Gasteiger partial charge in [0.2, 0.25) is 0 Å². The first-order valence-electron chi connectivity index (χ1n) is 6.54. The molecule has 0 spiro atoms. The summed E-state index contributed by atoms with van der Waals surface area (Å²) in [6, 6.07) is 5.89. The first kappa shape index (κ1) is 14.5. The molecule has 0 aliphatic heterocycles. The molecule has 0 atom stereocenters. The van der Waals surface area contributed by atoms with Gasteiger partial charge in [-0.1, -0.05) is 11.6 Å². The number of carbonyl (C=O) groups is 1. The van der Waals surface area contributed by atoms with Crippen molar-refractivity contribution in [3.8, 4) is 5.69 Å². The van der Waals surface area contributed by atoms with Gasteiger partial charge in [0, 0.05) is 13.2 Å². The number of carbonyl (C=O) groups excluding carboxylic acids is 1. The van der Waals surface area contributed by atoms with Crippen molar-refractivity contribution in [1.82, 2.24) is 20.1 Å². The van der Waals surface area contributed by atoms with Gasteiger partial charge in [-0.25, -0.2) is 14.1 Å². The van der Waals surface area contributed by atoms with Gasteiger partial charge in [0.15, 0.2) is 5.65 Å². The Morgan fingerprint density at radius 2 is 2.00 bits per heavy atom. The predicted molar refractivity (Wildman–Crippen MR) is 82.0 cm³/mol. The number of rotatable bonds is 2. The van der Waals surface area contributed by atoms with Crippen molar-refractivity contribution in [3.05, 3.63) is 52.6 Å². The molecule has 5 nitrogen and oxygen atoms in total. The second-order valence-corrected chi connectivity index (χ2v) is 5.12. The van der Waals surface area contributed by atoms with E-state index in [0.29, 0.717) is 33.0 Å². The van der Waals surface area contributed by atoms with E-state index in [0.717, 1.165) is 0 Å². The third kappa shape index (κ3) is 2.21. The smallest absolute Gasteiger partial charge is 0.254 e. The molecule has 22 heavy (non-hydrogen) atoms. The van der Waals surface area contributed by atoms with E-state index in [1.54, 1.807) is 23.7 Å². The Balaban J connectivity index is 2.25. The van der Waals surface area contributed by atoms with Crippen molar-refractivity contribution in [3.63, 3.8) is 0 Å². The van der Waals surface area contributed by atoms with E-state index in [1.165, 1.54) is 25.4 Å². The molecule has 0 aliphatic carbocycles. The zero-order valence-electron chi connectivity index (χ0n) is 11.9. The second kappa shape index (κ2) is 5.38. The van der Waals surface area contributed by atoms with Crippen molar-refractivity contribution in [1.29, 1.82) is 0 Å². The minimum atomic E-state index is -0.329. The zero-order valence-corrected chi connectivity index (χ0v) is 12.6. The van der Waals surface area contributed by atoms with Gasteiger partial charge in [-0.3, -0.25) is 4.79 Å². The van der Waals surface area contributed by atoms with Gasteiger partial charge < -0.3 is 5.32 Å². The molecule has 2 aromatic heterocycles. The van der Waals surface area contributed by atoms with Gasteiger partial charge in [-0.2, -0.15) is 5.10 Å². The van der Waals surface area contributed by atoms with E-state index in [9.17, 15) is 9.18 Å². The minimum Gasteiger partial charge on any atom is -0.355 e. The van der Waals surface area contributed by atoms with Crippen molar-refractivity contribution in [2.24, 2.45) is 0 Å². The highest BCUT2D eigenvalue weighted by Crippen LogP contribution is 2.29. The number of hydrogen-bond donors (Lipinski definition) is 1. The molecule has 2 heterocycles. The summed E-state index contributed by atoms with van der Waals surface area (Å²) in [7, 11) is 1.53. The topological polar surface area (TPSA) is 59.8 Å². The first-order valence-corrected chi connectivity index (χ1v) is 6.92. The summed E-state index contributed by atoms with van der Waals surface area (Å²) in [5.41, 5.74) is 2.11. The van der Waals surface area contributed by atoms with Crippen LogP contribution in [0.15, 0.2) is 30.5 Å². The molecule has 1 N–H and O–H groups in total. The molecule has 0 bridgehead atoms. The molecule has 1 amide bonds.